The highest BCUT2D eigenvalue weighted by atomic mass is 32.2. The monoisotopic (exact) mass is 476 g/mol. The first kappa shape index (κ1) is 29.7. The summed E-state index contributed by atoms with van der Waals surface area (Å²) >= 11 is 1.53. The Morgan fingerprint density at radius 3 is 1.78 bits per heavy atom. The van der Waals surface area contributed by atoms with E-state index >= 15 is 0 Å². The third-order valence-electron chi connectivity index (χ3n) is 4.73. The van der Waals surface area contributed by atoms with Crippen LogP contribution >= 0.6 is 11.8 Å². The van der Waals surface area contributed by atoms with Gasteiger partial charge in [0, 0.05) is 6.42 Å². The number of hydrogen-bond acceptors (Lipinski definition) is 7. The molecule has 0 radical (unpaired) electrons. The van der Waals surface area contributed by atoms with Gasteiger partial charge in [-0.2, -0.15) is 11.8 Å². The summed E-state index contributed by atoms with van der Waals surface area (Å²) in [4.78, 5) is 60.2. The van der Waals surface area contributed by atoms with Crippen LogP contribution in [0.25, 0.3) is 0 Å². The maximum Gasteiger partial charge on any atom is 0.326 e. The maximum atomic E-state index is 12.9. The molecule has 4 atom stereocenters. The van der Waals surface area contributed by atoms with Crippen LogP contribution in [0.3, 0.4) is 0 Å². The minimum Gasteiger partial charge on any atom is -0.481 e. The number of aliphatic carboxylic acids is 2. The van der Waals surface area contributed by atoms with Crippen molar-refractivity contribution < 1.29 is 34.2 Å². The molecule has 32 heavy (non-hydrogen) atoms. The molecule has 0 fully saturated rings. The Hall–Kier alpha value is -2.34. The number of carboxylic acid groups (broad SMARTS) is 2. The lowest BCUT2D eigenvalue weighted by molar-refractivity contribution is -0.144. The smallest absolute Gasteiger partial charge is 0.326 e. The summed E-state index contributed by atoms with van der Waals surface area (Å²) in [6.45, 7) is 6.61. The lowest BCUT2D eigenvalue weighted by Gasteiger charge is -2.27. The summed E-state index contributed by atoms with van der Waals surface area (Å²) in [5.74, 6) is -4.54. The van der Waals surface area contributed by atoms with Gasteiger partial charge in [-0.25, -0.2) is 4.79 Å². The molecule has 0 aromatic heterocycles. The van der Waals surface area contributed by atoms with Gasteiger partial charge < -0.3 is 31.9 Å². The van der Waals surface area contributed by atoms with Crippen molar-refractivity contribution in [2.75, 3.05) is 12.0 Å². The van der Waals surface area contributed by atoms with E-state index in [0.717, 1.165) is 0 Å². The van der Waals surface area contributed by atoms with E-state index < -0.39 is 66.2 Å². The molecular formula is C20H36N4O7S. The van der Waals surface area contributed by atoms with Gasteiger partial charge in [0.1, 0.15) is 18.1 Å². The lowest BCUT2D eigenvalue weighted by atomic mass is 10.0. The molecule has 11 nitrogen and oxygen atoms in total. The molecule has 0 saturated heterocycles. The zero-order valence-corrected chi connectivity index (χ0v) is 20.0. The SMILES string of the molecule is CSCCC(N)C(=O)NC(C(=O)NC(CCC(=O)O)C(=O)NC(C(=O)O)C(C)C)C(C)C. The second-order valence-electron chi connectivity index (χ2n) is 8.18. The van der Waals surface area contributed by atoms with Gasteiger partial charge >= 0.3 is 11.9 Å². The Labute approximate surface area is 192 Å². The number of thioether (sulfide) groups is 1. The number of amides is 3. The second kappa shape index (κ2) is 14.7. The van der Waals surface area contributed by atoms with Crippen LogP contribution in [0.5, 0.6) is 0 Å². The lowest BCUT2D eigenvalue weighted by Crippen LogP contribution is -2.58. The molecule has 0 aliphatic heterocycles. The highest BCUT2D eigenvalue weighted by Crippen LogP contribution is 2.08. The van der Waals surface area contributed by atoms with Crippen LogP contribution < -0.4 is 21.7 Å². The van der Waals surface area contributed by atoms with Gasteiger partial charge in [-0.05, 0) is 36.7 Å². The van der Waals surface area contributed by atoms with E-state index in [9.17, 15) is 29.1 Å². The van der Waals surface area contributed by atoms with E-state index in [0.29, 0.717) is 12.2 Å². The fourth-order valence-electron chi connectivity index (χ4n) is 2.74. The van der Waals surface area contributed by atoms with E-state index in [1.165, 1.54) is 11.8 Å². The number of rotatable bonds is 15. The van der Waals surface area contributed by atoms with Gasteiger partial charge in [0.25, 0.3) is 0 Å². The van der Waals surface area contributed by atoms with Crippen LogP contribution in [-0.4, -0.2) is 76.0 Å². The standard InChI is InChI=1S/C20H36N4O7S/c1-10(2)15(23-17(27)12(21)8-9-32-5)19(29)22-13(6-7-14(25)26)18(28)24-16(11(3)4)20(30)31/h10-13,15-16H,6-9,21H2,1-5H3,(H,22,29)(H,23,27)(H,24,28)(H,25,26)(H,30,31). The van der Waals surface area contributed by atoms with Crippen molar-refractivity contribution in [1.29, 1.82) is 0 Å². The average Bonchev–Trinajstić information content (AvgIpc) is 2.69. The summed E-state index contributed by atoms with van der Waals surface area (Å²) in [5.41, 5.74) is 5.85. The third kappa shape index (κ3) is 10.8. The van der Waals surface area contributed by atoms with Crippen molar-refractivity contribution >= 4 is 41.4 Å². The Balaban J connectivity index is 5.44. The Bertz CT molecular complexity index is 672. The molecule has 0 aliphatic rings. The van der Waals surface area contributed by atoms with Crippen molar-refractivity contribution in [3.63, 3.8) is 0 Å². The van der Waals surface area contributed by atoms with Crippen molar-refractivity contribution in [2.24, 2.45) is 17.6 Å². The molecule has 0 aliphatic carbocycles. The fraction of sp³-hybridized carbons (Fsp3) is 0.750. The summed E-state index contributed by atoms with van der Waals surface area (Å²) in [5, 5.41) is 25.6. The minimum absolute atomic E-state index is 0.247. The summed E-state index contributed by atoms with van der Waals surface area (Å²) in [6, 6.07) is -4.31. The van der Waals surface area contributed by atoms with E-state index in [2.05, 4.69) is 16.0 Å². The quantitative estimate of drug-likeness (QED) is 0.186. The van der Waals surface area contributed by atoms with Crippen LogP contribution in [0.15, 0.2) is 0 Å². The third-order valence-corrected chi connectivity index (χ3v) is 5.37. The van der Waals surface area contributed by atoms with Gasteiger partial charge in [-0.15, -0.1) is 0 Å². The fourth-order valence-corrected chi connectivity index (χ4v) is 3.23. The van der Waals surface area contributed by atoms with Crippen LogP contribution in [-0.2, 0) is 24.0 Å². The number of nitrogens with one attached hydrogen (secondary N) is 3. The predicted molar refractivity (Wildman–Crippen MR) is 121 cm³/mol. The largest absolute Gasteiger partial charge is 0.481 e. The Kier molecular flexibility index (Phi) is 13.6. The van der Waals surface area contributed by atoms with Gasteiger partial charge in [-0.1, -0.05) is 27.7 Å². The molecule has 0 aromatic carbocycles. The number of carbonyl (C=O) groups is 5. The predicted octanol–water partition coefficient (Wildman–Crippen LogP) is -0.217. The van der Waals surface area contributed by atoms with Crippen molar-refractivity contribution in [2.45, 2.75) is 71.1 Å². The molecule has 12 heteroatoms. The van der Waals surface area contributed by atoms with Crippen LogP contribution in [0.1, 0.15) is 47.0 Å². The van der Waals surface area contributed by atoms with Gasteiger partial charge in [0.05, 0.1) is 6.04 Å². The summed E-state index contributed by atoms with van der Waals surface area (Å²) < 4.78 is 0. The van der Waals surface area contributed by atoms with Crippen LogP contribution in [0.2, 0.25) is 0 Å². The molecule has 0 bridgehead atoms. The van der Waals surface area contributed by atoms with Gasteiger partial charge in [0.2, 0.25) is 17.7 Å². The first-order valence-corrected chi connectivity index (χ1v) is 11.8. The number of carboxylic acids is 2. The molecule has 184 valence electrons. The molecule has 0 heterocycles. The maximum absolute atomic E-state index is 12.9. The Morgan fingerprint density at radius 1 is 0.812 bits per heavy atom. The molecule has 0 rings (SSSR count). The normalized spacial score (nSPS) is 14.9. The van der Waals surface area contributed by atoms with Crippen molar-refractivity contribution in [3.8, 4) is 0 Å². The first-order chi connectivity index (χ1) is 14.8. The van der Waals surface area contributed by atoms with Crippen LogP contribution in [0, 0.1) is 11.8 Å². The molecule has 7 N–H and O–H groups in total. The molecular weight excluding hydrogens is 440 g/mol. The van der Waals surface area contributed by atoms with E-state index in [4.69, 9.17) is 10.8 Å². The summed E-state index contributed by atoms with van der Waals surface area (Å²) in [6.07, 6.45) is 1.64. The second-order valence-corrected chi connectivity index (χ2v) is 9.17. The molecule has 0 aromatic rings. The van der Waals surface area contributed by atoms with E-state index in [1.807, 2.05) is 6.26 Å². The van der Waals surface area contributed by atoms with Crippen molar-refractivity contribution in [3.05, 3.63) is 0 Å². The van der Waals surface area contributed by atoms with Gasteiger partial charge in [-0.3, -0.25) is 19.2 Å². The van der Waals surface area contributed by atoms with Crippen molar-refractivity contribution in [1.82, 2.24) is 16.0 Å². The molecule has 0 saturated carbocycles. The Morgan fingerprint density at radius 2 is 1.34 bits per heavy atom. The number of carbonyl (C=O) groups excluding carboxylic acids is 3. The highest BCUT2D eigenvalue weighted by molar-refractivity contribution is 7.98. The average molecular weight is 477 g/mol. The topological polar surface area (TPSA) is 188 Å². The van der Waals surface area contributed by atoms with E-state index in [-0.39, 0.29) is 12.3 Å². The zero-order chi connectivity index (χ0) is 25.0. The summed E-state index contributed by atoms with van der Waals surface area (Å²) in [7, 11) is 0. The first-order valence-electron chi connectivity index (χ1n) is 10.4. The van der Waals surface area contributed by atoms with Gasteiger partial charge in [0.15, 0.2) is 0 Å². The molecule has 4 unspecified atom stereocenters. The van der Waals surface area contributed by atoms with Crippen LogP contribution in [0.4, 0.5) is 0 Å². The minimum atomic E-state index is -1.29. The highest BCUT2D eigenvalue weighted by Gasteiger charge is 2.32. The zero-order valence-electron chi connectivity index (χ0n) is 19.2. The number of nitrogens with two attached hydrogens (primary N) is 1. The van der Waals surface area contributed by atoms with E-state index in [1.54, 1.807) is 27.7 Å². The number of hydrogen-bond donors (Lipinski definition) is 6. The molecule has 0 spiro atoms. The molecule has 3 amide bonds.